The number of hydrogen-bond donors (Lipinski definition) is 3. The van der Waals surface area contributed by atoms with E-state index in [1.54, 1.807) is 17.0 Å². The summed E-state index contributed by atoms with van der Waals surface area (Å²) in [5.41, 5.74) is -0.592. The quantitative estimate of drug-likeness (QED) is 0.343. The van der Waals surface area contributed by atoms with E-state index < -0.39 is 11.5 Å². The predicted molar refractivity (Wildman–Crippen MR) is 139 cm³/mol. The zero-order chi connectivity index (χ0) is 26.5. The maximum atomic E-state index is 14.1. The minimum atomic E-state index is -2.56. The summed E-state index contributed by atoms with van der Waals surface area (Å²) in [6, 6.07) is 5.96. The Bertz CT molecular complexity index is 887. The lowest BCUT2D eigenvalue weighted by molar-refractivity contribution is -0.0563. The third-order valence-corrected chi connectivity index (χ3v) is 8.81. The number of amides is 2. The first kappa shape index (κ1) is 28.2. The van der Waals surface area contributed by atoms with E-state index in [-0.39, 0.29) is 42.6 Å². The average Bonchev–Trinajstić information content (AvgIpc) is 3.70. The fourth-order valence-electron chi connectivity index (χ4n) is 6.40. The van der Waals surface area contributed by atoms with E-state index in [1.165, 1.54) is 25.0 Å². The van der Waals surface area contributed by atoms with Crippen LogP contribution in [0.3, 0.4) is 0 Å². The van der Waals surface area contributed by atoms with Crippen molar-refractivity contribution >= 4 is 6.03 Å². The zero-order valence-electron chi connectivity index (χ0n) is 22.2. The van der Waals surface area contributed by atoms with Crippen molar-refractivity contribution in [1.29, 1.82) is 0 Å². The molecule has 1 aromatic rings. The number of hydrogen-bond acceptors (Lipinski definition) is 3. The fraction of sp³-hybridized carbons (Fsp3) is 0.759. The Morgan fingerprint density at radius 1 is 1.19 bits per heavy atom. The van der Waals surface area contributed by atoms with Crippen molar-refractivity contribution in [3.8, 4) is 0 Å². The molecule has 3 aliphatic rings. The molecule has 1 aliphatic heterocycles. The molecule has 4 rings (SSSR count). The topological polar surface area (TPSA) is 64.6 Å². The minimum absolute atomic E-state index is 0.0783. The van der Waals surface area contributed by atoms with Crippen molar-refractivity contribution < 1.29 is 23.1 Å². The number of likely N-dealkylation sites (N-methyl/N-ethyl adjacent to an activating group) is 1. The van der Waals surface area contributed by atoms with Gasteiger partial charge in [-0.2, -0.15) is 0 Å². The number of nitrogens with zero attached hydrogens (tertiary/aromatic N) is 1. The van der Waals surface area contributed by atoms with E-state index >= 15 is 0 Å². The van der Waals surface area contributed by atoms with Gasteiger partial charge in [0, 0.05) is 44.4 Å². The molecule has 0 radical (unpaired) electrons. The van der Waals surface area contributed by atoms with Crippen LogP contribution in [0, 0.1) is 23.6 Å². The number of halogens is 3. The van der Waals surface area contributed by atoms with Gasteiger partial charge in [-0.1, -0.05) is 31.4 Å². The Hall–Kier alpha value is -1.80. The third-order valence-electron chi connectivity index (χ3n) is 8.81. The standard InChI is InChI=1S/C29H44F3N3O2/c1-33-19-26(17-22-11-14-28(31,32)15-12-22)34-27(36)35-16-4-7-24(20-35)29(37,13-3-5-21-9-10-21)23-6-2-8-25(30)18-23/h2,6,8,18,21-22,24,26,33,37H,3-5,7,9-17,19-20H2,1H3,(H,34,36)/t24-,26?,29-/m1/s1. The molecule has 2 amide bonds. The first-order valence-corrected chi connectivity index (χ1v) is 14.2. The first-order valence-electron chi connectivity index (χ1n) is 14.2. The van der Waals surface area contributed by atoms with Crippen LogP contribution in [0.25, 0.3) is 0 Å². The number of alkyl halides is 2. The highest BCUT2D eigenvalue weighted by Gasteiger charge is 2.42. The van der Waals surface area contributed by atoms with E-state index in [0.717, 1.165) is 31.6 Å². The van der Waals surface area contributed by atoms with Crippen LogP contribution in [0.15, 0.2) is 24.3 Å². The van der Waals surface area contributed by atoms with Gasteiger partial charge in [-0.3, -0.25) is 0 Å². The van der Waals surface area contributed by atoms with Crippen LogP contribution in [0.4, 0.5) is 18.0 Å². The lowest BCUT2D eigenvalue weighted by Crippen LogP contribution is -2.54. The molecule has 2 aliphatic carbocycles. The molecule has 5 nitrogen and oxygen atoms in total. The maximum absolute atomic E-state index is 14.1. The summed E-state index contributed by atoms with van der Waals surface area (Å²) in [4.78, 5) is 15.1. The molecular formula is C29H44F3N3O2. The molecule has 0 aromatic heterocycles. The second-order valence-electron chi connectivity index (χ2n) is 11.8. The van der Waals surface area contributed by atoms with Crippen LogP contribution in [-0.2, 0) is 5.60 Å². The molecule has 37 heavy (non-hydrogen) atoms. The molecule has 0 bridgehead atoms. The van der Waals surface area contributed by atoms with Gasteiger partial charge in [0.05, 0.1) is 5.60 Å². The van der Waals surface area contributed by atoms with E-state index in [4.69, 9.17) is 0 Å². The van der Waals surface area contributed by atoms with Crippen LogP contribution >= 0.6 is 0 Å². The highest BCUT2D eigenvalue weighted by molar-refractivity contribution is 5.74. The largest absolute Gasteiger partial charge is 0.385 e. The van der Waals surface area contributed by atoms with Gasteiger partial charge in [0.25, 0.3) is 0 Å². The Labute approximate surface area is 219 Å². The molecule has 3 N–H and O–H groups in total. The summed E-state index contributed by atoms with van der Waals surface area (Å²) in [6.45, 7) is 1.58. The average molecular weight is 524 g/mol. The number of aliphatic hydroxyl groups is 1. The number of nitrogens with one attached hydrogen (secondary N) is 2. The summed E-state index contributed by atoms with van der Waals surface area (Å²) in [7, 11) is 1.83. The molecule has 3 fully saturated rings. The van der Waals surface area contributed by atoms with Crippen LogP contribution in [-0.4, -0.2) is 54.7 Å². The molecule has 8 heteroatoms. The molecular weight excluding hydrogens is 479 g/mol. The molecule has 0 spiro atoms. The normalized spacial score (nSPS) is 24.9. The minimum Gasteiger partial charge on any atom is -0.385 e. The van der Waals surface area contributed by atoms with Crippen LogP contribution in [0.5, 0.6) is 0 Å². The van der Waals surface area contributed by atoms with Gasteiger partial charge in [0.15, 0.2) is 0 Å². The van der Waals surface area contributed by atoms with Crippen LogP contribution < -0.4 is 10.6 Å². The van der Waals surface area contributed by atoms with Crippen molar-refractivity contribution in [2.45, 2.75) is 94.6 Å². The van der Waals surface area contributed by atoms with Crippen molar-refractivity contribution in [1.82, 2.24) is 15.5 Å². The zero-order valence-corrected chi connectivity index (χ0v) is 22.2. The molecule has 2 saturated carbocycles. The Balaban J connectivity index is 1.39. The maximum Gasteiger partial charge on any atom is 0.317 e. The number of likely N-dealkylation sites (tertiary alicyclic amines) is 1. The monoisotopic (exact) mass is 523 g/mol. The molecule has 1 heterocycles. The number of carbonyl (C=O) groups is 1. The summed E-state index contributed by atoms with van der Waals surface area (Å²) in [5, 5.41) is 18.3. The van der Waals surface area contributed by atoms with E-state index in [9.17, 15) is 23.1 Å². The first-order chi connectivity index (χ1) is 17.7. The van der Waals surface area contributed by atoms with E-state index in [1.807, 2.05) is 7.05 Å². The smallest absolute Gasteiger partial charge is 0.317 e. The van der Waals surface area contributed by atoms with Gasteiger partial charge in [0.1, 0.15) is 5.82 Å². The molecule has 208 valence electrons. The van der Waals surface area contributed by atoms with Crippen molar-refractivity contribution in [3.63, 3.8) is 0 Å². The second-order valence-corrected chi connectivity index (χ2v) is 11.8. The summed E-state index contributed by atoms with van der Waals surface area (Å²) in [5.74, 6) is -2.17. The lowest BCUT2D eigenvalue weighted by Gasteiger charge is -2.43. The molecule has 1 aromatic carbocycles. The van der Waals surface area contributed by atoms with E-state index in [0.29, 0.717) is 50.9 Å². The van der Waals surface area contributed by atoms with Crippen molar-refractivity contribution in [2.24, 2.45) is 17.8 Å². The Kier molecular flexibility index (Phi) is 9.43. The van der Waals surface area contributed by atoms with Crippen LogP contribution in [0.1, 0.15) is 82.6 Å². The number of carbonyl (C=O) groups excluding carboxylic acids is 1. The van der Waals surface area contributed by atoms with Gasteiger partial charge >= 0.3 is 6.03 Å². The summed E-state index contributed by atoms with van der Waals surface area (Å²) >= 11 is 0. The lowest BCUT2D eigenvalue weighted by atomic mass is 9.74. The second kappa shape index (κ2) is 12.4. The fourth-order valence-corrected chi connectivity index (χ4v) is 6.40. The van der Waals surface area contributed by atoms with Crippen LogP contribution in [0.2, 0.25) is 0 Å². The molecule has 1 saturated heterocycles. The number of rotatable bonds is 11. The van der Waals surface area contributed by atoms with Crippen molar-refractivity contribution in [3.05, 3.63) is 35.6 Å². The van der Waals surface area contributed by atoms with Gasteiger partial charge in [0.2, 0.25) is 5.92 Å². The SMILES string of the molecule is CNCC(CC1CCC(F)(F)CC1)NC(=O)N1CCC[C@@H]([C@@](O)(CCCC2CC2)c2cccc(F)c2)C1. The number of benzene rings is 1. The molecule has 3 atom stereocenters. The Morgan fingerprint density at radius 3 is 2.62 bits per heavy atom. The van der Waals surface area contributed by atoms with Gasteiger partial charge in [-0.15, -0.1) is 0 Å². The third kappa shape index (κ3) is 7.85. The van der Waals surface area contributed by atoms with Crippen molar-refractivity contribution in [2.75, 3.05) is 26.7 Å². The molecule has 1 unspecified atom stereocenters. The highest BCUT2D eigenvalue weighted by atomic mass is 19.3. The highest BCUT2D eigenvalue weighted by Crippen LogP contribution is 2.42. The number of urea groups is 1. The predicted octanol–water partition coefficient (Wildman–Crippen LogP) is 5.82. The Morgan fingerprint density at radius 2 is 1.95 bits per heavy atom. The summed E-state index contributed by atoms with van der Waals surface area (Å²) < 4.78 is 41.3. The summed E-state index contributed by atoms with van der Waals surface area (Å²) in [6.07, 6.45) is 8.06. The van der Waals surface area contributed by atoms with E-state index in [2.05, 4.69) is 10.6 Å². The van der Waals surface area contributed by atoms with Gasteiger partial charge in [-0.05, 0) is 81.5 Å². The van der Waals surface area contributed by atoms with Gasteiger partial charge in [-0.25, -0.2) is 18.0 Å². The number of piperidine rings is 1. The van der Waals surface area contributed by atoms with Gasteiger partial charge < -0.3 is 20.6 Å².